The zero-order chi connectivity index (χ0) is 22.8. The largest absolute Gasteiger partial charge is 0.310 e. The van der Waals surface area contributed by atoms with Crippen LogP contribution in [0.5, 0.6) is 0 Å². The van der Waals surface area contributed by atoms with E-state index in [4.69, 9.17) is 0 Å². The highest BCUT2D eigenvalue weighted by Gasteiger charge is 2.20. The van der Waals surface area contributed by atoms with Crippen molar-refractivity contribution in [3.63, 3.8) is 0 Å². The van der Waals surface area contributed by atoms with Crippen molar-refractivity contribution in [1.82, 2.24) is 24.8 Å². The van der Waals surface area contributed by atoms with E-state index >= 15 is 0 Å². The Morgan fingerprint density at radius 3 is 2.67 bits per heavy atom. The van der Waals surface area contributed by atoms with Gasteiger partial charge in [-0.2, -0.15) is 9.61 Å². The van der Waals surface area contributed by atoms with Crippen molar-refractivity contribution in [2.45, 2.75) is 23.6 Å². The summed E-state index contributed by atoms with van der Waals surface area (Å²) in [5.41, 5.74) is 2.09. The molecule has 0 fully saturated rings. The average Bonchev–Trinajstić information content (AvgIpc) is 3.26. The summed E-state index contributed by atoms with van der Waals surface area (Å²) in [5.74, 6) is 0.549. The van der Waals surface area contributed by atoms with Crippen LogP contribution >= 0.6 is 11.8 Å². The van der Waals surface area contributed by atoms with Crippen LogP contribution in [0.4, 0.5) is 10.2 Å². The first-order chi connectivity index (χ1) is 16.1. The molecule has 0 aliphatic heterocycles. The van der Waals surface area contributed by atoms with Crippen molar-refractivity contribution in [1.29, 1.82) is 0 Å². The van der Waals surface area contributed by atoms with Crippen LogP contribution in [0.1, 0.15) is 13.3 Å². The van der Waals surface area contributed by atoms with Gasteiger partial charge in [0, 0.05) is 10.9 Å². The van der Waals surface area contributed by atoms with Gasteiger partial charge in [-0.15, -0.1) is 10.2 Å². The number of hydrogen-bond acceptors (Lipinski definition) is 6. The standard InChI is InChI=1S/C24H19FN6OS/c1-2-19(24(32)27-20-12-9-15-5-3-4-6-18(15)26-20)33-22-14-13-21-28-29-23(31(21)30-22)16-7-10-17(25)11-8-16/h3-14,19H,2H2,1H3,(H,26,27,32). The molecule has 0 saturated heterocycles. The number of carbonyl (C=O) groups excluding carboxylic acids is 1. The van der Waals surface area contributed by atoms with Crippen LogP contribution in [0.3, 0.4) is 0 Å². The number of thioether (sulfide) groups is 1. The van der Waals surface area contributed by atoms with E-state index in [2.05, 4.69) is 25.6 Å². The minimum Gasteiger partial charge on any atom is -0.310 e. The molecule has 9 heteroatoms. The molecule has 2 aromatic carbocycles. The van der Waals surface area contributed by atoms with Crippen molar-refractivity contribution in [2.75, 3.05) is 5.32 Å². The lowest BCUT2D eigenvalue weighted by Gasteiger charge is -2.14. The summed E-state index contributed by atoms with van der Waals surface area (Å²) in [5, 5.41) is 17.1. The predicted octanol–water partition coefficient (Wildman–Crippen LogP) is 4.99. The first-order valence-corrected chi connectivity index (χ1v) is 11.3. The van der Waals surface area contributed by atoms with Crippen molar-refractivity contribution in [2.24, 2.45) is 0 Å². The molecule has 0 spiro atoms. The number of carbonyl (C=O) groups is 1. The number of fused-ring (bicyclic) bond motifs is 2. The van der Waals surface area contributed by atoms with Crippen LogP contribution < -0.4 is 5.32 Å². The lowest BCUT2D eigenvalue weighted by atomic mass is 10.2. The van der Waals surface area contributed by atoms with Crippen LogP contribution in [0.25, 0.3) is 27.9 Å². The number of aromatic nitrogens is 5. The van der Waals surface area contributed by atoms with Gasteiger partial charge in [0.2, 0.25) is 5.91 Å². The van der Waals surface area contributed by atoms with Gasteiger partial charge in [-0.25, -0.2) is 9.37 Å². The minimum absolute atomic E-state index is 0.144. The summed E-state index contributed by atoms with van der Waals surface area (Å²) in [4.78, 5) is 17.5. The summed E-state index contributed by atoms with van der Waals surface area (Å²) in [7, 11) is 0. The first-order valence-electron chi connectivity index (χ1n) is 10.4. The Balaban J connectivity index is 1.37. The lowest BCUT2D eigenvalue weighted by Crippen LogP contribution is -2.25. The fourth-order valence-electron chi connectivity index (χ4n) is 3.42. The van der Waals surface area contributed by atoms with E-state index in [-0.39, 0.29) is 17.0 Å². The van der Waals surface area contributed by atoms with E-state index in [1.807, 2.05) is 43.3 Å². The number of hydrogen-bond donors (Lipinski definition) is 1. The number of amides is 1. The molecule has 3 heterocycles. The number of nitrogens with zero attached hydrogens (tertiary/aromatic N) is 5. The maximum atomic E-state index is 13.3. The number of halogens is 1. The molecule has 7 nitrogen and oxygen atoms in total. The van der Waals surface area contributed by atoms with Crippen molar-refractivity contribution >= 4 is 40.0 Å². The third-order valence-electron chi connectivity index (χ3n) is 5.12. The van der Waals surface area contributed by atoms with E-state index in [9.17, 15) is 9.18 Å². The van der Waals surface area contributed by atoms with Gasteiger partial charge < -0.3 is 5.32 Å². The Hall–Kier alpha value is -3.85. The van der Waals surface area contributed by atoms with Gasteiger partial charge in [0.15, 0.2) is 11.5 Å². The number of nitrogens with one attached hydrogen (secondary N) is 1. The maximum Gasteiger partial charge on any atom is 0.239 e. The van der Waals surface area contributed by atoms with Crippen LogP contribution in [0.15, 0.2) is 77.8 Å². The molecule has 0 radical (unpaired) electrons. The normalized spacial score (nSPS) is 12.2. The molecule has 1 N–H and O–H groups in total. The third-order valence-corrected chi connectivity index (χ3v) is 6.41. The average molecular weight is 459 g/mol. The zero-order valence-electron chi connectivity index (χ0n) is 17.6. The Morgan fingerprint density at radius 2 is 1.85 bits per heavy atom. The summed E-state index contributed by atoms with van der Waals surface area (Å²) in [6.07, 6.45) is 0.608. The Bertz CT molecular complexity index is 1450. The molecular formula is C24H19FN6OS. The molecule has 1 amide bonds. The highest BCUT2D eigenvalue weighted by Crippen LogP contribution is 2.26. The minimum atomic E-state index is -0.367. The fourth-order valence-corrected chi connectivity index (χ4v) is 4.32. The molecule has 1 unspecified atom stereocenters. The molecule has 0 aliphatic rings. The van der Waals surface area contributed by atoms with Crippen molar-refractivity contribution < 1.29 is 9.18 Å². The predicted molar refractivity (Wildman–Crippen MR) is 126 cm³/mol. The second kappa shape index (κ2) is 8.95. The second-order valence-electron chi connectivity index (χ2n) is 7.37. The van der Waals surface area contributed by atoms with Gasteiger partial charge in [-0.1, -0.05) is 36.9 Å². The van der Waals surface area contributed by atoms with Crippen LogP contribution in [-0.2, 0) is 4.79 Å². The molecule has 5 aromatic rings. The van der Waals surface area contributed by atoms with E-state index in [0.29, 0.717) is 34.3 Å². The van der Waals surface area contributed by atoms with Gasteiger partial charge in [0.1, 0.15) is 16.7 Å². The number of benzene rings is 2. The summed E-state index contributed by atoms with van der Waals surface area (Å²) in [6.45, 7) is 1.95. The van der Waals surface area contributed by atoms with E-state index in [1.165, 1.54) is 23.9 Å². The smallest absolute Gasteiger partial charge is 0.239 e. The number of pyridine rings is 1. The van der Waals surface area contributed by atoms with Gasteiger partial charge in [0.05, 0.1) is 10.8 Å². The quantitative estimate of drug-likeness (QED) is 0.361. The molecular weight excluding hydrogens is 439 g/mol. The van der Waals surface area contributed by atoms with Gasteiger partial charge in [-0.3, -0.25) is 4.79 Å². The summed E-state index contributed by atoms with van der Waals surface area (Å²) < 4.78 is 14.9. The monoisotopic (exact) mass is 458 g/mol. The highest BCUT2D eigenvalue weighted by atomic mass is 32.2. The van der Waals surface area contributed by atoms with E-state index < -0.39 is 0 Å². The molecule has 33 heavy (non-hydrogen) atoms. The summed E-state index contributed by atoms with van der Waals surface area (Å²) >= 11 is 1.36. The van der Waals surface area contributed by atoms with Crippen molar-refractivity contribution in [3.05, 3.63) is 78.6 Å². The maximum absolute atomic E-state index is 13.3. The summed E-state index contributed by atoms with van der Waals surface area (Å²) in [6, 6.07) is 21.1. The third kappa shape index (κ3) is 4.40. The van der Waals surface area contributed by atoms with Crippen LogP contribution in [-0.4, -0.2) is 36.0 Å². The van der Waals surface area contributed by atoms with Crippen LogP contribution in [0, 0.1) is 5.82 Å². The zero-order valence-corrected chi connectivity index (χ0v) is 18.5. The SMILES string of the molecule is CCC(Sc1ccc2nnc(-c3ccc(F)cc3)n2n1)C(=O)Nc1ccc2ccccc2n1. The van der Waals surface area contributed by atoms with Crippen molar-refractivity contribution in [3.8, 4) is 11.4 Å². The number of anilines is 1. The number of para-hydroxylation sites is 1. The second-order valence-corrected chi connectivity index (χ2v) is 8.59. The molecule has 3 aromatic heterocycles. The Kier molecular flexibility index (Phi) is 5.70. The Labute approximate surface area is 193 Å². The van der Waals surface area contributed by atoms with Gasteiger partial charge >= 0.3 is 0 Å². The van der Waals surface area contributed by atoms with E-state index in [0.717, 1.165) is 10.9 Å². The van der Waals surface area contributed by atoms with E-state index in [1.54, 1.807) is 28.8 Å². The molecule has 0 saturated carbocycles. The molecule has 0 aliphatic carbocycles. The van der Waals surface area contributed by atoms with Gasteiger partial charge in [-0.05, 0) is 61.0 Å². The van der Waals surface area contributed by atoms with Crippen LogP contribution in [0.2, 0.25) is 0 Å². The fraction of sp³-hybridized carbons (Fsp3) is 0.125. The molecule has 1 atom stereocenters. The first kappa shape index (κ1) is 21.0. The lowest BCUT2D eigenvalue weighted by molar-refractivity contribution is -0.115. The van der Waals surface area contributed by atoms with Gasteiger partial charge in [0.25, 0.3) is 0 Å². The number of rotatable bonds is 6. The molecule has 5 rings (SSSR count). The Morgan fingerprint density at radius 1 is 1.03 bits per heavy atom. The molecule has 0 bridgehead atoms. The highest BCUT2D eigenvalue weighted by molar-refractivity contribution is 8.00. The molecule has 164 valence electrons. The topological polar surface area (TPSA) is 85.1 Å².